The summed E-state index contributed by atoms with van der Waals surface area (Å²) in [6, 6.07) is -1.46. The Hall–Kier alpha value is -3.65. The summed E-state index contributed by atoms with van der Waals surface area (Å²) in [5, 5.41) is 8.90. The van der Waals surface area contributed by atoms with Crippen LogP contribution in [0.15, 0.2) is 22.7 Å². The van der Waals surface area contributed by atoms with E-state index in [1.165, 1.54) is 19.0 Å². The zero-order valence-electron chi connectivity index (χ0n) is 36.2. The van der Waals surface area contributed by atoms with Crippen molar-refractivity contribution in [1.82, 2.24) is 30.7 Å². The van der Waals surface area contributed by atoms with Crippen LogP contribution in [0.1, 0.15) is 90.0 Å². The number of nitrogens with zero attached hydrogens (tertiary/aromatic N) is 3. The van der Waals surface area contributed by atoms with Gasteiger partial charge in [-0.15, -0.1) is 0 Å². The van der Waals surface area contributed by atoms with E-state index >= 15 is 0 Å². The van der Waals surface area contributed by atoms with E-state index in [0.717, 1.165) is 4.90 Å². The van der Waals surface area contributed by atoms with Gasteiger partial charge in [0.1, 0.15) is 36.4 Å². The van der Waals surface area contributed by atoms with Gasteiger partial charge >= 0.3 is 6.18 Å². The zero-order valence-corrected chi connectivity index (χ0v) is 38.5. The second-order valence-electron chi connectivity index (χ2n) is 18.8. The summed E-state index contributed by atoms with van der Waals surface area (Å²) in [6.45, 7) is 3.25. The van der Waals surface area contributed by atoms with Gasteiger partial charge in [-0.2, -0.15) is 13.2 Å². The van der Waals surface area contributed by atoms with Crippen LogP contribution < -0.4 is 16.0 Å². The fraction of sp³-hybridized carbons (Fsp3) is 0.721. The van der Waals surface area contributed by atoms with Crippen molar-refractivity contribution in [3.8, 4) is 0 Å². The minimum Gasteiger partial charge on any atom is -0.379 e. The van der Waals surface area contributed by atoms with Crippen molar-refractivity contribution in [1.29, 1.82) is 0 Å². The highest BCUT2D eigenvalue weighted by Crippen LogP contribution is 2.61. The van der Waals surface area contributed by atoms with Crippen molar-refractivity contribution in [2.24, 2.45) is 17.3 Å². The number of benzene rings is 1. The Bertz CT molecular complexity index is 1960. The second kappa shape index (κ2) is 19.3. The standard InChI is InChI=1S/C43H56BrClF6N6O7/c1-23(2)15-29-37(61)56(4)31(17-25-16-26(45)10-11-28(25)44)36(60)54-40(12-13-40)22-64-14-6-5-7-30(34(58)52-29)55(3)38(62)33(24-8-9-24)53-35(59)32-18-27(46)19-57(32)39(63)41(43(49,50)51)20-42(47,48)21-41/h10-11,16,23-24,27,29-33H,5-9,12-15,17-22H2,1-4H3,(H,52,58)(H,53,59)(H,54,60)/t27-,29+,30+,31+,32+,33+/m1/s1. The first-order valence-electron chi connectivity index (χ1n) is 21.7. The molecule has 356 valence electrons. The van der Waals surface area contributed by atoms with Crippen LogP contribution in [0.3, 0.4) is 0 Å². The molecule has 0 bridgehead atoms. The molecule has 0 aromatic heterocycles. The summed E-state index contributed by atoms with van der Waals surface area (Å²) in [4.78, 5) is 87.4. The third-order valence-corrected chi connectivity index (χ3v) is 14.2. The first kappa shape index (κ1) is 49.8. The number of rotatable bonds is 10. The van der Waals surface area contributed by atoms with Crippen LogP contribution in [0.5, 0.6) is 0 Å². The number of amides is 6. The molecule has 6 amide bonds. The SMILES string of the molecule is CC(C)C[C@@H]1NC(=O)[C@@H](N(C)C(=O)[C@@H](NC(=O)[C@@H]2C[C@@H](F)CN2C(=O)C2(C(F)(F)F)CC(F)(F)C2)C2CC2)CCCCOCC2(CC2)NC(=O)[C@H](Cc2cc(Cl)ccc2Br)N(C)C1=O. The lowest BCUT2D eigenvalue weighted by atomic mass is 9.64. The maximum absolute atomic E-state index is 14.8. The lowest BCUT2D eigenvalue weighted by molar-refractivity contribution is -0.299. The molecule has 64 heavy (non-hydrogen) atoms. The zero-order chi connectivity index (χ0) is 47.1. The molecule has 2 saturated heterocycles. The van der Waals surface area contributed by atoms with Crippen LogP contribution in [-0.4, -0.2) is 138 Å². The van der Waals surface area contributed by atoms with Crippen LogP contribution in [0.4, 0.5) is 26.3 Å². The van der Waals surface area contributed by atoms with Gasteiger partial charge in [0, 0.05) is 55.9 Å². The van der Waals surface area contributed by atoms with Crippen molar-refractivity contribution in [3.63, 3.8) is 0 Å². The van der Waals surface area contributed by atoms with Gasteiger partial charge in [-0.25, -0.2) is 13.2 Å². The molecule has 2 aliphatic heterocycles. The number of alkyl halides is 6. The molecular formula is C43H56BrClF6N6O7. The molecule has 3 aliphatic carbocycles. The normalized spacial score (nSPS) is 28.0. The molecule has 1 aromatic rings. The Morgan fingerprint density at radius 3 is 2.33 bits per heavy atom. The molecule has 6 rings (SSSR count). The van der Waals surface area contributed by atoms with Crippen molar-refractivity contribution in [3.05, 3.63) is 33.3 Å². The van der Waals surface area contributed by atoms with Crippen molar-refractivity contribution >= 4 is 63.0 Å². The molecule has 3 N–H and O–H groups in total. The number of likely N-dealkylation sites (tertiary alicyclic amines) is 1. The molecule has 0 radical (unpaired) electrons. The average Bonchev–Trinajstić information content (AvgIpc) is 4.14. The fourth-order valence-electron chi connectivity index (χ4n) is 9.05. The average molecular weight is 998 g/mol. The van der Waals surface area contributed by atoms with E-state index in [4.69, 9.17) is 16.3 Å². The van der Waals surface area contributed by atoms with Crippen molar-refractivity contribution in [2.45, 2.75) is 145 Å². The monoisotopic (exact) mass is 996 g/mol. The van der Waals surface area contributed by atoms with E-state index in [9.17, 15) is 55.1 Å². The fourth-order valence-corrected chi connectivity index (χ4v) is 9.66. The highest BCUT2D eigenvalue weighted by Gasteiger charge is 2.75. The summed E-state index contributed by atoms with van der Waals surface area (Å²) in [5.74, 6) is -9.75. The minimum absolute atomic E-state index is 0.0700. The molecule has 21 heteroatoms. The molecule has 1 spiro atoms. The Morgan fingerprint density at radius 1 is 1.06 bits per heavy atom. The van der Waals surface area contributed by atoms with Gasteiger partial charge in [-0.1, -0.05) is 41.4 Å². The van der Waals surface area contributed by atoms with Crippen LogP contribution >= 0.6 is 27.5 Å². The lowest BCUT2D eigenvalue weighted by Gasteiger charge is -2.48. The van der Waals surface area contributed by atoms with Gasteiger partial charge in [-0.05, 0) is 87.0 Å². The van der Waals surface area contributed by atoms with Gasteiger partial charge in [0.2, 0.25) is 35.4 Å². The van der Waals surface area contributed by atoms with Crippen LogP contribution in [0.25, 0.3) is 0 Å². The maximum atomic E-state index is 14.8. The van der Waals surface area contributed by atoms with Crippen LogP contribution in [0, 0.1) is 17.3 Å². The van der Waals surface area contributed by atoms with Crippen molar-refractivity contribution in [2.75, 3.05) is 33.9 Å². The molecule has 6 atom stereocenters. The number of hydrogen-bond acceptors (Lipinski definition) is 7. The number of hydrogen-bond donors (Lipinski definition) is 3. The number of carbonyl (C=O) groups is 6. The third-order valence-electron chi connectivity index (χ3n) is 13.2. The Kier molecular flexibility index (Phi) is 15.0. The van der Waals surface area contributed by atoms with Crippen LogP contribution in [0.2, 0.25) is 5.02 Å². The summed E-state index contributed by atoms with van der Waals surface area (Å²) >= 11 is 9.84. The molecule has 3 saturated carbocycles. The van der Waals surface area contributed by atoms with E-state index in [-0.39, 0.29) is 38.4 Å². The Labute approximate surface area is 381 Å². The van der Waals surface area contributed by atoms with Gasteiger partial charge in [0.15, 0.2) is 5.41 Å². The minimum atomic E-state index is -5.40. The van der Waals surface area contributed by atoms with Crippen molar-refractivity contribution < 1.29 is 59.8 Å². The maximum Gasteiger partial charge on any atom is 0.403 e. The number of ether oxygens (including phenoxy) is 1. The third kappa shape index (κ3) is 11.1. The summed E-state index contributed by atoms with van der Waals surface area (Å²) in [7, 11) is 2.83. The summed E-state index contributed by atoms with van der Waals surface area (Å²) < 4.78 is 91.8. The second-order valence-corrected chi connectivity index (χ2v) is 20.1. The number of carbonyl (C=O) groups excluding carboxylic acids is 6. The highest BCUT2D eigenvalue weighted by atomic mass is 79.9. The Balaban J connectivity index is 1.23. The number of nitrogens with one attached hydrogen (secondary N) is 3. The van der Waals surface area contributed by atoms with E-state index in [0.29, 0.717) is 58.5 Å². The topological polar surface area (TPSA) is 157 Å². The lowest BCUT2D eigenvalue weighted by Crippen LogP contribution is -2.65. The van der Waals surface area contributed by atoms with Gasteiger partial charge < -0.3 is 35.4 Å². The predicted octanol–water partition coefficient (Wildman–Crippen LogP) is 5.49. The molecule has 2 heterocycles. The van der Waals surface area contributed by atoms with Gasteiger partial charge in [0.25, 0.3) is 5.92 Å². The van der Waals surface area contributed by atoms with Gasteiger partial charge in [0.05, 0.1) is 18.7 Å². The largest absolute Gasteiger partial charge is 0.403 e. The number of halogens is 8. The highest BCUT2D eigenvalue weighted by molar-refractivity contribution is 9.10. The smallest absolute Gasteiger partial charge is 0.379 e. The molecular weight excluding hydrogens is 942 g/mol. The summed E-state index contributed by atoms with van der Waals surface area (Å²) in [5.41, 5.74) is -3.45. The van der Waals surface area contributed by atoms with Crippen LogP contribution in [-0.2, 0) is 39.9 Å². The molecule has 1 aromatic carbocycles. The quantitative estimate of drug-likeness (QED) is 0.262. The predicted molar refractivity (Wildman–Crippen MR) is 224 cm³/mol. The van der Waals surface area contributed by atoms with E-state index in [2.05, 4.69) is 31.9 Å². The Morgan fingerprint density at radius 2 is 1.73 bits per heavy atom. The molecule has 0 unspecified atom stereocenters. The first-order chi connectivity index (χ1) is 29.9. The first-order valence-corrected chi connectivity index (χ1v) is 22.9. The van der Waals surface area contributed by atoms with E-state index < -0.39 is 127 Å². The summed E-state index contributed by atoms with van der Waals surface area (Å²) in [6.07, 6.45) is -8.34. The number of likely N-dealkylation sites (N-methyl/N-ethyl adjacent to an activating group) is 2. The van der Waals surface area contributed by atoms with E-state index in [1.54, 1.807) is 18.2 Å². The molecule has 13 nitrogen and oxygen atoms in total. The van der Waals surface area contributed by atoms with Gasteiger partial charge in [-0.3, -0.25) is 28.8 Å². The molecule has 5 aliphatic rings. The van der Waals surface area contributed by atoms with E-state index in [1.807, 2.05) is 13.8 Å². The molecule has 5 fully saturated rings.